The minimum absolute atomic E-state index is 0.0454. The molecule has 0 radical (unpaired) electrons. The Balaban J connectivity index is 1.63. The fraction of sp³-hybridized carbons (Fsp3) is 0.615. The van der Waals surface area contributed by atoms with Crippen LogP contribution in [0.25, 0.3) is 0 Å². The lowest BCUT2D eigenvalue weighted by molar-refractivity contribution is -0.233. The van der Waals surface area contributed by atoms with Crippen molar-refractivity contribution in [2.45, 2.75) is 89.6 Å². The van der Waals surface area contributed by atoms with E-state index >= 15 is 0 Å². The Morgan fingerprint density at radius 2 is 1.91 bits per heavy atom. The van der Waals surface area contributed by atoms with Crippen LogP contribution >= 0.6 is 0 Å². The van der Waals surface area contributed by atoms with Gasteiger partial charge in [-0.3, -0.25) is 14.5 Å². The standard InChI is InChI=1S/C26H33NO7/c1-6-25-11-12(2)21-13(3)22(34-20-8-7-18(29)15(5)33-20)17-9-16(28)10-19(26(17,21)32)27(25)24(31)14(4)23(25)30/h9-11,13,15,18,20-22,29-30,32H,6-8H2,1-5H3/t13-,15+,18+,20-,21-,22+,25+,26+/m1/s1. The molecule has 0 aromatic rings. The molecular weight excluding hydrogens is 438 g/mol. The maximum absolute atomic E-state index is 13.4. The number of fused-ring (bicyclic) bond motifs is 2. The van der Waals surface area contributed by atoms with Crippen LogP contribution in [0, 0.1) is 11.8 Å². The number of aliphatic hydroxyl groups excluding tert-OH is 2. The maximum atomic E-state index is 13.4. The molecule has 1 saturated carbocycles. The molecule has 2 aliphatic carbocycles. The molecule has 3 heterocycles. The highest BCUT2D eigenvalue weighted by Crippen LogP contribution is 2.59. The number of carbonyl (C=O) groups excluding carboxylic acids is 2. The lowest BCUT2D eigenvalue weighted by Crippen LogP contribution is -2.53. The molecule has 8 nitrogen and oxygen atoms in total. The van der Waals surface area contributed by atoms with Gasteiger partial charge >= 0.3 is 0 Å². The van der Waals surface area contributed by atoms with E-state index in [1.165, 1.54) is 17.1 Å². The van der Waals surface area contributed by atoms with Crippen molar-refractivity contribution in [3.8, 4) is 0 Å². The van der Waals surface area contributed by atoms with Crippen LogP contribution in [-0.4, -0.2) is 67.7 Å². The van der Waals surface area contributed by atoms with Crippen molar-refractivity contribution in [2.75, 3.05) is 0 Å². The van der Waals surface area contributed by atoms with E-state index in [-0.39, 0.29) is 34.8 Å². The van der Waals surface area contributed by atoms with Gasteiger partial charge in [-0.1, -0.05) is 25.5 Å². The summed E-state index contributed by atoms with van der Waals surface area (Å²) in [5.41, 5.74) is -1.16. The molecule has 0 unspecified atom stereocenters. The minimum Gasteiger partial charge on any atom is -0.509 e. The summed E-state index contributed by atoms with van der Waals surface area (Å²) in [4.78, 5) is 27.7. The second-order valence-electron chi connectivity index (χ2n) is 10.4. The number of allylic oxidation sites excluding steroid dienone is 2. The van der Waals surface area contributed by atoms with E-state index in [1.54, 1.807) is 13.8 Å². The van der Waals surface area contributed by atoms with Gasteiger partial charge in [0.05, 0.1) is 29.6 Å². The number of nitrogens with zero attached hydrogens (tertiary/aromatic N) is 1. The van der Waals surface area contributed by atoms with Crippen molar-refractivity contribution in [3.63, 3.8) is 0 Å². The molecule has 1 amide bonds. The summed E-state index contributed by atoms with van der Waals surface area (Å²) in [6.45, 7) is 9.09. The van der Waals surface area contributed by atoms with Crippen LogP contribution in [0.5, 0.6) is 0 Å². The van der Waals surface area contributed by atoms with Gasteiger partial charge in [0.15, 0.2) is 12.1 Å². The van der Waals surface area contributed by atoms with E-state index in [0.29, 0.717) is 24.8 Å². The van der Waals surface area contributed by atoms with Gasteiger partial charge in [0.2, 0.25) is 0 Å². The molecule has 34 heavy (non-hydrogen) atoms. The molecule has 184 valence electrons. The fourth-order valence-corrected chi connectivity index (χ4v) is 6.79. The highest BCUT2D eigenvalue weighted by molar-refractivity contribution is 6.05. The summed E-state index contributed by atoms with van der Waals surface area (Å²) >= 11 is 0. The highest BCUT2D eigenvalue weighted by atomic mass is 16.7. The van der Waals surface area contributed by atoms with Crippen molar-refractivity contribution in [1.29, 1.82) is 0 Å². The third kappa shape index (κ3) is 2.86. The third-order valence-electron chi connectivity index (χ3n) is 8.50. The zero-order valence-electron chi connectivity index (χ0n) is 20.2. The predicted octanol–water partition coefficient (Wildman–Crippen LogP) is 2.43. The summed E-state index contributed by atoms with van der Waals surface area (Å²) in [6.07, 6.45) is 3.89. The molecule has 0 spiro atoms. The van der Waals surface area contributed by atoms with Crippen molar-refractivity contribution < 1.29 is 34.4 Å². The molecule has 0 aromatic heterocycles. The van der Waals surface area contributed by atoms with Crippen LogP contribution < -0.4 is 0 Å². The van der Waals surface area contributed by atoms with Crippen LogP contribution in [-0.2, 0) is 19.1 Å². The summed E-state index contributed by atoms with van der Waals surface area (Å²) < 4.78 is 12.2. The molecule has 0 aromatic carbocycles. The van der Waals surface area contributed by atoms with Crippen LogP contribution in [0.2, 0.25) is 0 Å². The molecule has 8 heteroatoms. The number of carbonyl (C=O) groups is 2. The van der Waals surface area contributed by atoms with Gasteiger partial charge in [0.1, 0.15) is 16.9 Å². The van der Waals surface area contributed by atoms with Gasteiger partial charge in [-0.05, 0) is 45.6 Å². The van der Waals surface area contributed by atoms with Gasteiger partial charge in [0, 0.05) is 24.0 Å². The second-order valence-corrected chi connectivity index (χ2v) is 10.4. The average molecular weight is 472 g/mol. The summed E-state index contributed by atoms with van der Waals surface area (Å²) in [5, 5.41) is 33.4. The SMILES string of the molecule is CC[C@@]12C=C(C)[C@@H]3[C@@H](C)[C@H](O[C@@H]4CC[C@H](O)[C@H](C)O4)C4=CC(=O)C=C(N1C(=O)C(C)=C2O)[C@@]43O. The zero-order valence-corrected chi connectivity index (χ0v) is 20.2. The third-order valence-corrected chi connectivity index (χ3v) is 8.50. The summed E-state index contributed by atoms with van der Waals surface area (Å²) in [5.74, 6) is -1.52. The Bertz CT molecular complexity index is 1090. The van der Waals surface area contributed by atoms with Gasteiger partial charge in [-0.15, -0.1) is 0 Å². The van der Waals surface area contributed by atoms with Gasteiger partial charge in [0.25, 0.3) is 5.91 Å². The first-order chi connectivity index (χ1) is 16.0. The van der Waals surface area contributed by atoms with Gasteiger partial charge in [-0.2, -0.15) is 0 Å². The quantitative estimate of drug-likeness (QED) is 0.541. The normalized spacial score (nSPS) is 43.9. The first kappa shape index (κ1) is 23.5. The predicted molar refractivity (Wildman–Crippen MR) is 122 cm³/mol. The van der Waals surface area contributed by atoms with Crippen LogP contribution in [0.1, 0.15) is 53.9 Å². The van der Waals surface area contributed by atoms with Crippen molar-refractivity contribution in [3.05, 3.63) is 46.4 Å². The molecule has 0 bridgehead atoms. The molecule has 5 rings (SSSR count). The number of amides is 1. The van der Waals surface area contributed by atoms with E-state index in [0.717, 1.165) is 5.57 Å². The number of ketones is 1. The minimum atomic E-state index is -1.64. The average Bonchev–Trinajstić information content (AvgIpc) is 3.06. The number of ether oxygens (including phenoxy) is 2. The highest BCUT2D eigenvalue weighted by Gasteiger charge is 2.66. The maximum Gasteiger partial charge on any atom is 0.258 e. The lowest BCUT2D eigenvalue weighted by atomic mass is 9.76. The molecular formula is C26H33NO7. The summed E-state index contributed by atoms with van der Waals surface area (Å²) in [7, 11) is 0. The number of rotatable bonds is 3. The van der Waals surface area contributed by atoms with Crippen LogP contribution in [0.4, 0.5) is 0 Å². The number of hydrogen-bond donors (Lipinski definition) is 3. The van der Waals surface area contributed by atoms with Crippen molar-refractivity contribution in [1.82, 2.24) is 4.90 Å². The smallest absolute Gasteiger partial charge is 0.258 e. The molecule has 5 aliphatic rings. The topological polar surface area (TPSA) is 117 Å². The molecule has 8 atom stereocenters. The van der Waals surface area contributed by atoms with Crippen LogP contribution in [0.3, 0.4) is 0 Å². The van der Waals surface area contributed by atoms with Crippen molar-refractivity contribution in [2.24, 2.45) is 11.8 Å². The van der Waals surface area contributed by atoms with E-state index in [2.05, 4.69) is 0 Å². The van der Waals surface area contributed by atoms with Gasteiger partial charge < -0.3 is 24.8 Å². The molecule has 2 fully saturated rings. The van der Waals surface area contributed by atoms with Crippen molar-refractivity contribution >= 4 is 11.7 Å². The number of aliphatic hydroxyl groups is 3. The van der Waals surface area contributed by atoms with Crippen LogP contribution in [0.15, 0.2) is 46.4 Å². The Hall–Kier alpha value is -2.26. The monoisotopic (exact) mass is 471 g/mol. The summed E-state index contributed by atoms with van der Waals surface area (Å²) in [6, 6.07) is 0. The van der Waals surface area contributed by atoms with E-state index in [4.69, 9.17) is 9.47 Å². The first-order valence-corrected chi connectivity index (χ1v) is 12.1. The molecule has 3 aliphatic heterocycles. The Morgan fingerprint density at radius 1 is 1.21 bits per heavy atom. The van der Waals surface area contributed by atoms with E-state index in [9.17, 15) is 24.9 Å². The lowest BCUT2D eigenvalue weighted by Gasteiger charge is -2.43. The molecule has 1 saturated heterocycles. The zero-order chi connectivity index (χ0) is 24.7. The Kier molecular flexibility index (Phi) is 5.26. The second kappa shape index (κ2) is 7.62. The van der Waals surface area contributed by atoms with E-state index < -0.39 is 41.5 Å². The Morgan fingerprint density at radius 3 is 2.56 bits per heavy atom. The largest absolute Gasteiger partial charge is 0.509 e. The molecule has 3 N–H and O–H groups in total. The number of hydrogen-bond acceptors (Lipinski definition) is 7. The van der Waals surface area contributed by atoms with Gasteiger partial charge in [-0.25, -0.2) is 0 Å². The fourth-order valence-electron chi connectivity index (χ4n) is 6.79. The Labute approximate surface area is 199 Å². The van der Waals surface area contributed by atoms with E-state index in [1.807, 2.05) is 26.8 Å². The first-order valence-electron chi connectivity index (χ1n) is 12.1.